The molecule has 1 aromatic carbocycles. The van der Waals surface area contributed by atoms with Gasteiger partial charge in [-0.2, -0.15) is 13.2 Å². The minimum Gasteiger partial charge on any atom is -0.342 e. The minimum atomic E-state index is -4.40. The summed E-state index contributed by atoms with van der Waals surface area (Å²) in [4.78, 5) is 26.9. The van der Waals surface area contributed by atoms with Crippen LogP contribution in [-0.4, -0.2) is 40.0 Å². The third kappa shape index (κ3) is 10.6. The van der Waals surface area contributed by atoms with Crippen LogP contribution in [0.4, 0.5) is 18.3 Å². The summed E-state index contributed by atoms with van der Waals surface area (Å²) in [5.41, 5.74) is -0.249. The van der Waals surface area contributed by atoms with Crippen molar-refractivity contribution in [3.63, 3.8) is 0 Å². The van der Waals surface area contributed by atoms with Crippen LogP contribution in [0.1, 0.15) is 90.0 Å². The molecule has 0 spiro atoms. The molecule has 36 heavy (non-hydrogen) atoms. The van der Waals surface area contributed by atoms with Gasteiger partial charge in [0.05, 0.1) is 5.56 Å². The normalized spacial score (nSPS) is 11.5. The van der Waals surface area contributed by atoms with Crippen molar-refractivity contribution < 1.29 is 22.8 Å². The standard InChI is InChI=1S/C26H37F3N4O2S/c1-3-5-7-8-9-10-11-12-23(35)33(18-6-4-2)19-17-22(34)30-25-32-31-24(36-25)20-13-15-21(16-14-20)26(27,28)29/h13-16H,3-12,17-19H2,1-2H3,(H,30,32,34). The lowest BCUT2D eigenvalue weighted by molar-refractivity contribution is -0.137. The molecule has 6 nitrogen and oxygen atoms in total. The minimum absolute atomic E-state index is 0.0883. The predicted octanol–water partition coefficient (Wildman–Crippen LogP) is 7.32. The first-order valence-corrected chi connectivity index (χ1v) is 13.6. The van der Waals surface area contributed by atoms with Gasteiger partial charge in [-0.3, -0.25) is 9.59 Å². The number of alkyl halides is 3. The summed E-state index contributed by atoms with van der Waals surface area (Å²) in [6.45, 7) is 5.23. The molecule has 1 heterocycles. The van der Waals surface area contributed by atoms with Crippen molar-refractivity contribution in [1.29, 1.82) is 0 Å². The number of halogens is 3. The monoisotopic (exact) mass is 526 g/mol. The molecule has 0 atom stereocenters. The Morgan fingerprint density at radius 2 is 1.50 bits per heavy atom. The lowest BCUT2D eigenvalue weighted by Crippen LogP contribution is -2.34. The Morgan fingerprint density at radius 1 is 0.861 bits per heavy atom. The molecule has 0 radical (unpaired) electrons. The lowest BCUT2D eigenvalue weighted by Gasteiger charge is -2.22. The fourth-order valence-electron chi connectivity index (χ4n) is 3.71. The highest BCUT2D eigenvalue weighted by molar-refractivity contribution is 7.18. The van der Waals surface area contributed by atoms with Crippen LogP contribution in [0.5, 0.6) is 0 Å². The molecule has 2 amide bonds. The molecule has 0 saturated carbocycles. The van der Waals surface area contributed by atoms with E-state index in [0.717, 1.165) is 55.6 Å². The molecule has 0 aliphatic rings. The molecule has 0 aliphatic carbocycles. The van der Waals surface area contributed by atoms with E-state index < -0.39 is 11.7 Å². The average molecular weight is 527 g/mol. The topological polar surface area (TPSA) is 75.2 Å². The van der Waals surface area contributed by atoms with Crippen molar-refractivity contribution in [3.8, 4) is 10.6 Å². The zero-order valence-electron chi connectivity index (χ0n) is 21.2. The van der Waals surface area contributed by atoms with Crippen LogP contribution >= 0.6 is 11.3 Å². The van der Waals surface area contributed by atoms with Gasteiger partial charge in [-0.1, -0.05) is 82.3 Å². The van der Waals surface area contributed by atoms with Crippen molar-refractivity contribution in [2.75, 3.05) is 18.4 Å². The van der Waals surface area contributed by atoms with Crippen molar-refractivity contribution in [1.82, 2.24) is 15.1 Å². The second-order valence-electron chi connectivity index (χ2n) is 8.89. The molecule has 2 rings (SSSR count). The van der Waals surface area contributed by atoms with Crippen LogP contribution in [0.2, 0.25) is 0 Å². The SMILES string of the molecule is CCCCCCCCCC(=O)N(CCCC)CCC(=O)Nc1nnc(-c2ccc(C(F)(F)F)cc2)s1. The van der Waals surface area contributed by atoms with Crippen molar-refractivity contribution in [3.05, 3.63) is 29.8 Å². The Labute approximate surface area is 215 Å². The number of carbonyl (C=O) groups excluding carboxylic acids is 2. The highest BCUT2D eigenvalue weighted by Crippen LogP contribution is 2.32. The summed E-state index contributed by atoms with van der Waals surface area (Å²) in [5, 5.41) is 11.3. The average Bonchev–Trinajstić information content (AvgIpc) is 3.31. The van der Waals surface area contributed by atoms with Crippen molar-refractivity contribution in [2.45, 2.75) is 90.7 Å². The molecule has 0 unspecified atom stereocenters. The summed E-state index contributed by atoms with van der Waals surface area (Å²) in [6, 6.07) is 4.64. The molecule has 200 valence electrons. The first-order valence-electron chi connectivity index (χ1n) is 12.8. The third-order valence-electron chi connectivity index (χ3n) is 5.87. The largest absolute Gasteiger partial charge is 0.416 e. The van der Waals surface area contributed by atoms with Crippen molar-refractivity contribution >= 4 is 28.3 Å². The number of hydrogen-bond acceptors (Lipinski definition) is 5. The first kappa shape index (κ1) is 29.7. The van der Waals surface area contributed by atoms with Gasteiger partial charge < -0.3 is 10.2 Å². The third-order valence-corrected chi connectivity index (χ3v) is 6.76. The molecule has 0 fully saturated rings. The van der Waals surface area contributed by atoms with E-state index in [-0.39, 0.29) is 23.4 Å². The summed E-state index contributed by atoms with van der Waals surface area (Å²) in [5.74, 6) is -0.194. The van der Waals surface area contributed by atoms with Gasteiger partial charge >= 0.3 is 6.18 Å². The smallest absolute Gasteiger partial charge is 0.342 e. The van der Waals surface area contributed by atoms with E-state index in [4.69, 9.17) is 0 Å². The zero-order valence-corrected chi connectivity index (χ0v) is 22.0. The number of benzene rings is 1. The Hall–Kier alpha value is -2.49. The van der Waals surface area contributed by atoms with Gasteiger partial charge in [0.15, 0.2) is 0 Å². The second-order valence-corrected chi connectivity index (χ2v) is 9.87. The summed E-state index contributed by atoms with van der Waals surface area (Å²) in [7, 11) is 0. The van der Waals surface area contributed by atoms with Gasteiger partial charge in [0.1, 0.15) is 5.01 Å². The van der Waals surface area contributed by atoms with Gasteiger partial charge in [0.2, 0.25) is 16.9 Å². The molecular weight excluding hydrogens is 489 g/mol. The molecule has 0 bridgehead atoms. The van der Waals surface area contributed by atoms with Crippen molar-refractivity contribution in [2.24, 2.45) is 0 Å². The van der Waals surface area contributed by atoms with Gasteiger partial charge in [-0.15, -0.1) is 10.2 Å². The zero-order chi connectivity index (χ0) is 26.4. The van der Waals surface area contributed by atoms with E-state index >= 15 is 0 Å². The fraction of sp³-hybridized carbons (Fsp3) is 0.615. The highest BCUT2D eigenvalue weighted by Gasteiger charge is 2.30. The number of carbonyl (C=O) groups is 2. The Morgan fingerprint density at radius 3 is 2.14 bits per heavy atom. The Kier molecular flexibility index (Phi) is 12.9. The predicted molar refractivity (Wildman–Crippen MR) is 138 cm³/mol. The molecule has 1 aromatic heterocycles. The summed E-state index contributed by atoms with van der Waals surface area (Å²) >= 11 is 1.09. The van der Waals surface area contributed by atoms with Crippen LogP contribution < -0.4 is 5.32 Å². The number of nitrogens with one attached hydrogen (secondary N) is 1. The van der Waals surface area contributed by atoms with E-state index in [1.807, 2.05) is 0 Å². The maximum absolute atomic E-state index is 12.7. The van der Waals surface area contributed by atoms with E-state index in [2.05, 4.69) is 29.4 Å². The van der Waals surface area contributed by atoms with E-state index in [9.17, 15) is 22.8 Å². The molecule has 0 saturated heterocycles. The first-order chi connectivity index (χ1) is 17.2. The molecule has 10 heteroatoms. The van der Waals surface area contributed by atoms with Gasteiger partial charge in [0, 0.05) is 31.5 Å². The summed E-state index contributed by atoms with van der Waals surface area (Å²) < 4.78 is 38.2. The van der Waals surface area contributed by atoms with Gasteiger partial charge in [-0.05, 0) is 25.0 Å². The maximum Gasteiger partial charge on any atom is 0.416 e. The highest BCUT2D eigenvalue weighted by atomic mass is 32.1. The Balaban J connectivity index is 1.81. The quantitative estimate of drug-likeness (QED) is 0.233. The second kappa shape index (κ2) is 15.6. The maximum atomic E-state index is 12.7. The fourth-order valence-corrected chi connectivity index (χ4v) is 4.48. The van der Waals surface area contributed by atoms with Crippen LogP contribution in [0.25, 0.3) is 10.6 Å². The molecule has 1 N–H and O–H groups in total. The number of rotatable bonds is 16. The number of unbranched alkanes of at least 4 members (excludes halogenated alkanes) is 7. The molecular formula is C26H37F3N4O2S. The van der Waals surface area contributed by atoms with Gasteiger partial charge in [-0.25, -0.2) is 0 Å². The molecule has 2 aromatic rings. The summed E-state index contributed by atoms with van der Waals surface area (Å²) in [6.07, 6.45) is 6.12. The van der Waals surface area contributed by atoms with E-state index in [0.29, 0.717) is 30.1 Å². The molecule has 0 aliphatic heterocycles. The number of amides is 2. The van der Waals surface area contributed by atoms with Crippen LogP contribution in [0.3, 0.4) is 0 Å². The van der Waals surface area contributed by atoms with E-state index in [1.165, 1.54) is 37.8 Å². The van der Waals surface area contributed by atoms with Crippen LogP contribution in [0, 0.1) is 0 Å². The number of anilines is 1. The number of nitrogens with zero attached hydrogens (tertiary/aromatic N) is 3. The number of aromatic nitrogens is 2. The number of hydrogen-bond donors (Lipinski definition) is 1. The van der Waals surface area contributed by atoms with Crippen LogP contribution in [-0.2, 0) is 15.8 Å². The van der Waals surface area contributed by atoms with E-state index in [1.54, 1.807) is 4.90 Å². The van der Waals surface area contributed by atoms with Gasteiger partial charge in [0.25, 0.3) is 0 Å². The lowest BCUT2D eigenvalue weighted by atomic mass is 10.1. The Bertz CT molecular complexity index is 932. The van der Waals surface area contributed by atoms with Crippen LogP contribution in [0.15, 0.2) is 24.3 Å².